The Bertz CT molecular complexity index is 1700. The summed E-state index contributed by atoms with van der Waals surface area (Å²) in [6.07, 6.45) is 6.66. The molecule has 1 fully saturated rings. The van der Waals surface area contributed by atoms with E-state index in [-0.39, 0.29) is 0 Å². The standard InChI is InChI=1S/C30H25N7/c1-16-37(17-1)25-8-4-20-10-15-32-30(26(20)19-25)34-22-5-2-21(3-6-22)29-35-27-9-7-24(18-28(27)36-29)33-23-11-13-31-14-12-23/h2-15,18-19H,1,16-17H2,(H,31,33)(H,32,34)(H,35,36). The first-order valence-electron chi connectivity index (χ1n) is 12.5. The van der Waals surface area contributed by atoms with Crippen LogP contribution in [0.5, 0.6) is 0 Å². The number of aromatic nitrogens is 4. The van der Waals surface area contributed by atoms with Crippen LogP contribution in [0.4, 0.5) is 28.6 Å². The Balaban J connectivity index is 1.12. The third-order valence-electron chi connectivity index (χ3n) is 6.84. The fraction of sp³-hybridized carbons (Fsp3) is 0.100. The molecule has 6 aromatic rings. The molecule has 0 radical (unpaired) electrons. The molecule has 7 nitrogen and oxygen atoms in total. The Kier molecular flexibility index (Phi) is 5.17. The number of imidazole rings is 1. The summed E-state index contributed by atoms with van der Waals surface area (Å²) >= 11 is 0. The molecular weight excluding hydrogens is 458 g/mol. The molecule has 1 saturated heterocycles. The Morgan fingerprint density at radius 2 is 1.54 bits per heavy atom. The van der Waals surface area contributed by atoms with E-state index in [1.54, 1.807) is 12.4 Å². The lowest BCUT2D eigenvalue weighted by atomic mass is 10.1. The second-order valence-electron chi connectivity index (χ2n) is 9.29. The summed E-state index contributed by atoms with van der Waals surface area (Å²) in [4.78, 5) is 19.4. The van der Waals surface area contributed by atoms with Crippen LogP contribution in [-0.4, -0.2) is 33.0 Å². The van der Waals surface area contributed by atoms with Crippen molar-refractivity contribution in [1.29, 1.82) is 0 Å². The molecule has 7 rings (SSSR count). The highest BCUT2D eigenvalue weighted by Crippen LogP contribution is 2.31. The summed E-state index contributed by atoms with van der Waals surface area (Å²) < 4.78 is 0. The molecule has 3 N–H and O–H groups in total. The molecule has 0 bridgehead atoms. The zero-order valence-corrected chi connectivity index (χ0v) is 20.1. The number of nitrogens with zero attached hydrogens (tertiary/aromatic N) is 4. The molecule has 37 heavy (non-hydrogen) atoms. The first-order valence-corrected chi connectivity index (χ1v) is 12.5. The number of hydrogen-bond acceptors (Lipinski definition) is 6. The van der Waals surface area contributed by atoms with Crippen LogP contribution in [0.3, 0.4) is 0 Å². The smallest absolute Gasteiger partial charge is 0.138 e. The normalized spacial score (nSPS) is 13.0. The van der Waals surface area contributed by atoms with Crippen LogP contribution in [0, 0.1) is 0 Å². The van der Waals surface area contributed by atoms with Crippen LogP contribution in [-0.2, 0) is 0 Å². The molecule has 1 aliphatic heterocycles. The van der Waals surface area contributed by atoms with Crippen molar-refractivity contribution in [3.05, 3.63) is 97.5 Å². The second kappa shape index (κ2) is 8.95. The fourth-order valence-corrected chi connectivity index (χ4v) is 4.70. The quantitative estimate of drug-likeness (QED) is 0.240. The van der Waals surface area contributed by atoms with Crippen molar-refractivity contribution in [1.82, 2.24) is 19.9 Å². The number of aromatic amines is 1. The zero-order chi connectivity index (χ0) is 24.6. The van der Waals surface area contributed by atoms with Gasteiger partial charge in [0.15, 0.2) is 0 Å². The SMILES string of the molecule is c1cc(Nc2ccc3nc(-c4ccc(Nc5nccc6ccc(N7CCC7)cc56)cc4)[nH]c3c2)ccn1. The lowest BCUT2D eigenvalue weighted by molar-refractivity contribution is 0.618. The number of benzene rings is 3. The average Bonchev–Trinajstić information content (AvgIpc) is 3.33. The van der Waals surface area contributed by atoms with E-state index in [1.165, 1.54) is 17.5 Å². The maximum absolute atomic E-state index is 4.79. The van der Waals surface area contributed by atoms with Crippen molar-refractivity contribution in [3.63, 3.8) is 0 Å². The molecule has 0 aliphatic carbocycles. The largest absolute Gasteiger partial charge is 0.371 e. The summed E-state index contributed by atoms with van der Waals surface area (Å²) in [6.45, 7) is 2.25. The molecular formula is C30H25N7. The minimum atomic E-state index is 0.838. The van der Waals surface area contributed by atoms with Gasteiger partial charge in [-0.15, -0.1) is 0 Å². The van der Waals surface area contributed by atoms with E-state index >= 15 is 0 Å². The van der Waals surface area contributed by atoms with Crippen LogP contribution in [0.25, 0.3) is 33.2 Å². The molecule has 0 saturated carbocycles. The molecule has 0 atom stereocenters. The number of rotatable bonds is 6. The molecule has 0 amide bonds. The van der Waals surface area contributed by atoms with Crippen molar-refractivity contribution in [2.75, 3.05) is 28.6 Å². The summed E-state index contributed by atoms with van der Waals surface area (Å²) in [5, 5.41) is 9.22. The van der Waals surface area contributed by atoms with E-state index < -0.39 is 0 Å². The molecule has 4 heterocycles. The van der Waals surface area contributed by atoms with Gasteiger partial charge < -0.3 is 20.5 Å². The average molecular weight is 484 g/mol. The number of anilines is 5. The Labute approximate surface area is 214 Å². The van der Waals surface area contributed by atoms with E-state index in [9.17, 15) is 0 Å². The third-order valence-corrected chi connectivity index (χ3v) is 6.84. The molecule has 180 valence electrons. The number of fused-ring (bicyclic) bond motifs is 2. The van der Waals surface area contributed by atoms with Crippen LogP contribution >= 0.6 is 0 Å². The van der Waals surface area contributed by atoms with Gasteiger partial charge >= 0.3 is 0 Å². The summed E-state index contributed by atoms with van der Waals surface area (Å²) in [7, 11) is 0. The van der Waals surface area contributed by atoms with E-state index in [0.29, 0.717) is 0 Å². The van der Waals surface area contributed by atoms with Gasteiger partial charge in [-0.2, -0.15) is 0 Å². The Hall–Kier alpha value is -4.91. The Morgan fingerprint density at radius 3 is 2.35 bits per heavy atom. The molecule has 0 spiro atoms. The van der Waals surface area contributed by atoms with Gasteiger partial charge in [0.25, 0.3) is 0 Å². The highest BCUT2D eigenvalue weighted by atomic mass is 15.2. The van der Waals surface area contributed by atoms with Gasteiger partial charge in [0.05, 0.1) is 11.0 Å². The maximum Gasteiger partial charge on any atom is 0.138 e. The molecule has 1 aliphatic rings. The lowest BCUT2D eigenvalue weighted by Crippen LogP contribution is -2.36. The summed E-state index contributed by atoms with van der Waals surface area (Å²) in [5.74, 6) is 1.70. The number of pyridine rings is 2. The predicted octanol–water partition coefficient (Wildman–Crippen LogP) is 6.87. The summed E-state index contributed by atoms with van der Waals surface area (Å²) in [5.41, 5.74) is 7.16. The number of H-pyrrole nitrogens is 1. The minimum Gasteiger partial charge on any atom is -0.371 e. The monoisotopic (exact) mass is 483 g/mol. The minimum absolute atomic E-state index is 0.838. The first-order chi connectivity index (χ1) is 18.3. The van der Waals surface area contributed by atoms with Gasteiger partial charge in [0.1, 0.15) is 11.6 Å². The first kappa shape index (κ1) is 21.4. The third kappa shape index (κ3) is 4.21. The van der Waals surface area contributed by atoms with Gasteiger partial charge in [-0.1, -0.05) is 6.07 Å². The van der Waals surface area contributed by atoms with Crippen LogP contribution < -0.4 is 15.5 Å². The van der Waals surface area contributed by atoms with Crippen LogP contribution in [0.2, 0.25) is 0 Å². The van der Waals surface area contributed by atoms with Crippen molar-refractivity contribution in [2.24, 2.45) is 0 Å². The van der Waals surface area contributed by atoms with Gasteiger partial charge in [-0.3, -0.25) is 4.98 Å². The molecule has 3 aromatic carbocycles. The van der Waals surface area contributed by atoms with Gasteiger partial charge in [0.2, 0.25) is 0 Å². The van der Waals surface area contributed by atoms with Crippen molar-refractivity contribution >= 4 is 50.4 Å². The van der Waals surface area contributed by atoms with E-state index in [0.717, 1.165) is 63.8 Å². The molecule has 7 heteroatoms. The lowest BCUT2D eigenvalue weighted by Gasteiger charge is -2.33. The van der Waals surface area contributed by atoms with Crippen LogP contribution in [0.15, 0.2) is 97.5 Å². The van der Waals surface area contributed by atoms with Gasteiger partial charge in [-0.05, 0) is 84.6 Å². The van der Waals surface area contributed by atoms with Gasteiger partial charge in [-0.25, -0.2) is 9.97 Å². The maximum atomic E-state index is 4.79. The van der Waals surface area contributed by atoms with Crippen molar-refractivity contribution in [3.8, 4) is 11.4 Å². The van der Waals surface area contributed by atoms with Crippen LogP contribution in [0.1, 0.15) is 6.42 Å². The van der Waals surface area contributed by atoms with Gasteiger partial charge in [0, 0.05) is 65.4 Å². The number of hydrogen-bond donors (Lipinski definition) is 3. The van der Waals surface area contributed by atoms with E-state index in [2.05, 4.69) is 85.1 Å². The predicted molar refractivity (Wildman–Crippen MR) is 151 cm³/mol. The molecule has 3 aromatic heterocycles. The fourth-order valence-electron chi connectivity index (χ4n) is 4.70. The number of nitrogens with one attached hydrogen (secondary N) is 3. The highest BCUT2D eigenvalue weighted by Gasteiger charge is 2.15. The second-order valence-corrected chi connectivity index (χ2v) is 9.29. The topological polar surface area (TPSA) is 81.8 Å². The van der Waals surface area contributed by atoms with E-state index in [4.69, 9.17) is 4.98 Å². The molecule has 0 unspecified atom stereocenters. The van der Waals surface area contributed by atoms with Crippen molar-refractivity contribution < 1.29 is 0 Å². The zero-order valence-electron chi connectivity index (χ0n) is 20.1. The Morgan fingerprint density at radius 1 is 0.730 bits per heavy atom. The summed E-state index contributed by atoms with van der Waals surface area (Å²) in [6, 6.07) is 27.0. The highest BCUT2D eigenvalue weighted by molar-refractivity contribution is 5.95. The van der Waals surface area contributed by atoms with E-state index in [1.807, 2.05) is 30.5 Å². The van der Waals surface area contributed by atoms with Crippen molar-refractivity contribution in [2.45, 2.75) is 6.42 Å².